The number of hydrogen-bond acceptors (Lipinski definition) is 13. The lowest BCUT2D eigenvalue weighted by atomic mass is 10.0. The van der Waals surface area contributed by atoms with Crippen molar-refractivity contribution in [3.63, 3.8) is 0 Å². The molecule has 1 aliphatic heterocycles. The first kappa shape index (κ1) is 38.1. The number of para-hydroxylation sites is 1. The number of pyridine rings is 1. The van der Waals surface area contributed by atoms with Gasteiger partial charge in [0.05, 0.1) is 45.2 Å². The monoisotopic (exact) mass is 768 g/mol. The Morgan fingerprint density at radius 1 is 0.980 bits per heavy atom. The summed E-state index contributed by atoms with van der Waals surface area (Å²) in [5.74, 6) is -0.530. The van der Waals surface area contributed by atoms with Crippen LogP contribution < -0.4 is 24.8 Å². The first-order valence-corrected chi connectivity index (χ1v) is 18.2. The fraction of sp³-hybridized carbons (Fsp3) is 0.394. The number of fused-ring (bicyclic) bond motifs is 1. The van der Waals surface area contributed by atoms with E-state index in [1.54, 1.807) is 18.2 Å². The Morgan fingerprint density at radius 3 is 2.45 bits per heavy atom. The molecule has 3 heterocycles. The Labute approximate surface area is 303 Å². The molecule has 1 aliphatic rings. The molecule has 274 valence electrons. The Kier molecular flexibility index (Phi) is 11.1. The third-order valence-electron chi connectivity index (χ3n) is 7.66. The standard InChI is InChI=1S/C33H36Cl2F2N6O7S/c1-31(2,13-16-44)47-17-14-32(3,4)50-30-42-28(35)41-29(43-30)40-23-18-19(51(5,45)46)11-12-22(23)39-25(26-21(34)9-7-15-38-26)20-8-6-10-24-27(20)49-33(36,37)48-24/h6-12,15,18,25,39,44H,13-14,16-17H2,1-5H3,(H,40,41,42,43)/t25-/m0/s1. The minimum atomic E-state index is -3.91. The molecule has 2 aromatic heterocycles. The van der Waals surface area contributed by atoms with Crippen molar-refractivity contribution >= 4 is 50.4 Å². The van der Waals surface area contributed by atoms with Crippen LogP contribution in [-0.4, -0.2) is 70.4 Å². The lowest BCUT2D eigenvalue weighted by Crippen LogP contribution is -2.34. The van der Waals surface area contributed by atoms with Gasteiger partial charge >= 0.3 is 12.3 Å². The van der Waals surface area contributed by atoms with Gasteiger partial charge < -0.3 is 34.7 Å². The normalized spacial score (nSPS) is 14.6. The number of halogens is 4. The Morgan fingerprint density at radius 2 is 1.75 bits per heavy atom. The van der Waals surface area contributed by atoms with Crippen molar-refractivity contribution in [3.8, 4) is 17.5 Å². The van der Waals surface area contributed by atoms with E-state index >= 15 is 0 Å². The van der Waals surface area contributed by atoms with E-state index in [1.807, 2.05) is 27.7 Å². The van der Waals surface area contributed by atoms with Gasteiger partial charge in [-0.2, -0.15) is 15.0 Å². The van der Waals surface area contributed by atoms with E-state index in [9.17, 15) is 22.3 Å². The van der Waals surface area contributed by atoms with Crippen molar-refractivity contribution in [1.82, 2.24) is 19.9 Å². The molecule has 0 radical (unpaired) electrons. The number of sulfone groups is 1. The number of nitrogens with zero attached hydrogens (tertiary/aromatic N) is 4. The number of aliphatic hydroxyl groups excluding tert-OH is 1. The molecular formula is C33H36Cl2F2N6O7S. The summed E-state index contributed by atoms with van der Waals surface area (Å²) in [6, 6.07) is 10.6. The zero-order chi connectivity index (χ0) is 37.2. The number of alkyl halides is 2. The zero-order valence-electron chi connectivity index (χ0n) is 28.2. The fourth-order valence-electron chi connectivity index (χ4n) is 5.03. The molecule has 0 fully saturated rings. The molecule has 4 aromatic rings. The van der Waals surface area contributed by atoms with Crippen LogP contribution in [0.3, 0.4) is 0 Å². The highest BCUT2D eigenvalue weighted by Gasteiger charge is 2.45. The fourth-order valence-corrected chi connectivity index (χ4v) is 6.06. The molecule has 3 N–H and O–H groups in total. The zero-order valence-corrected chi connectivity index (χ0v) is 30.5. The molecule has 51 heavy (non-hydrogen) atoms. The molecule has 1 atom stereocenters. The number of nitrogens with one attached hydrogen (secondary N) is 2. The first-order chi connectivity index (χ1) is 23.8. The van der Waals surface area contributed by atoms with Crippen LogP contribution in [-0.2, 0) is 14.6 Å². The smallest absolute Gasteiger partial charge is 0.457 e. The number of ether oxygens (including phenoxy) is 4. The van der Waals surface area contributed by atoms with Gasteiger partial charge in [-0.3, -0.25) is 4.98 Å². The van der Waals surface area contributed by atoms with Crippen molar-refractivity contribution in [3.05, 3.63) is 76.3 Å². The summed E-state index contributed by atoms with van der Waals surface area (Å²) in [6.07, 6.45) is -0.487. The maximum atomic E-state index is 14.2. The molecule has 0 spiro atoms. The minimum Gasteiger partial charge on any atom is -0.457 e. The highest BCUT2D eigenvalue weighted by atomic mass is 35.5. The molecule has 13 nitrogen and oxygen atoms in total. The van der Waals surface area contributed by atoms with Crippen LogP contribution in [0.4, 0.5) is 26.1 Å². The summed E-state index contributed by atoms with van der Waals surface area (Å²) in [7, 11) is -3.71. The Hall–Kier alpha value is -4.09. The van der Waals surface area contributed by atoms with Gasteiger partial charge in [-0.15, -0.1) is 8.78 Å². The van der Waals surface area contributed by atoms with E-state index in [1.165, 1.54) is 36.5 Å². The lowest BCUT2D eigenvalue weighted by molar-refractivity contribution is -0.287. The average molecular weight is 770 g/mol. The summed E-state index contributed by atoms with van der Waals surface area (Å²) < 4.78 is 75.2. The van der Waals surface area contributed by atoms with E-state index in [4.69, 9.17) is 37.4 Å². The van der Waals surface area contributed by atoms with Crippen molar-refractivity contribution < 1.29 is 41.3 Å². The third-order valence-corrected chi connectivity index (χ3v) is 9.26. The van der Waals surface area contributed by atoms with Crippen molar-refractivity contribution in [2.75, 3.05) is 30.1 Å². The van der Waals surface area contributed by atoms with Crippen LogP contribution >= 0.6 is 23.2 Å². The SMILES string of the molecule is CC(C)(CCO)OCCC(C)(C)Oc1nc(Cl)nc(Nc2cc(S(C)(=O)=O)ccc2N[C@@H](c2cccc3c2OC(F)(F)O3)c2ncccc2Cl)n1. The number of aliphatic hydroxyl groups is 1. The highest BCUT2D eigenvalue weighted by molar-refractivity contribution is 7.90. The topological polar surface area (TPSA) is 167 Å². The summed E-state index contributed by atoms with van der Waals surface area (Å²) in [5.41, 5.74) is -0.495. The van der Waals surface area contributed by atoms with E-state index in [2.05, 4.69) is 35.3 Å². The second-order valence-corrected chi connectivity index (χ2v) is 15.6. The summed E-state index contributed by atoms with van der Waals surface area (Å²) >= 11 is 12.8. The van der Waals surface area contributed by atoms with E-state index in [0.717, 1.165) is 6.26 Å². The molecule has 0 amide bonds. The van der Waals surface area contributed by atoms with Crippen LogP contribution in [0.25, 0.3) is 0 Å². The summed E-state index contributed by atoms with van der Waals surface area (Å²) in [6.45, 7) is 7.69. The van der Waals surface area contributed by atoms with Crippen LogP contribution in [0.2, 0.25) is 10.3 Å². The number of hydrogen-bond donors (Lipinski definition) is 3. The van der Waals surface area contributed by atoms with Crippen molar-refractivity contribution in [2.24, 2.45) is 0 Å². The molecule has 0 saturated heterocycles. The number of benzene rings is 2. The largest absolute Gasteiger partial charge is 0.586 e. The molecule has 5 rings (SSSR count). The Balaban J connectivity index is 1.49. The van der Waals surface area contributed by atoms with Crippen LogP contribution in [0.15, 0.2) is 59.6 Å². The second kappa shape index (κ2) is 14.9. The predicted molar refractivity (Wildman–Crippen MR) is 186 cm³/mol. The number of aromatic nitrogens is 4. The van der Waals surface area contributed by atoms with Gasteiger partial charge in [0.2, 0.25) is 11.2 Å². The highest BCUT2D eigenvalue weighted by Crippen LogP contribution is 2.48. The van der Waals surface area contributed by atoms with Gasteiger partial charge in [0.15, 0.2) is 21.3 Å². The predicted octanol–water partition coefficient (Wildman–Crippen LogP) is 6.97. The van der Waals surface area contributed by atoms with Gasteiger partial charge in [-0.1, -0.05) is 23.7 Å². The van der Waals surface area contributed by atoms with Crippen LogP contribution in [0.1, 0.15) is 57.8 Å². The van der Waals surface area contributed by atoms with E-state index < -0.39 is 33.4 Å². The average Bonchev–Trinajstić information content (AvgIpc) is 3.33. The van der Waals surface area contributed by atoms with Gasteiger partial charge in [0.25, 0.3) is 0 Å². The van der Waals surface area contributed by atoms with Crippen LogP contribution in [0.5, 0.6) is 17.5 Å². The van der Waals surface area contributed by atoms with Gasteiger partial charge in [0, 0.05) is 31.0 Å². The van der Waals surface area contributed by atoms with Crippen molar-refractivity contribution in [1.29, 1.82) is 0 Å². The molecule has 0 aliphatic carbocycles. The van der Waals surface area contributed by atoms with E-state index in [0.29, 0.717) is 19.4 Å². The first-order valence-electron chi connectivity index (χ1n) is 15.6. The summed E-state index contributed by atoms with van der Waals surface area (Å²) in [4.78, 5) is 17.0. The van der Waals surface area contributed by atoms with Gasteiger partial charge in [-0.05, 0) is 82.1 Å². The van der Waals surface area contributed by atoms with Crippen LogP contribution in [0, 0.1) is 0 Å². The van der Waals surface area contributed by atoms with Gasteiger partial charge in [-0.25, -0.2) is 8.42 Å². The molecular weight excluding hydrogens is 733 g/mol. The Bertz CT molecular complexity index is 2010. The quantitative estimate of drug-likeness (QED) is 0.114. The molecule has 0 unspecified atom stereocenters. The molecule has 0 saturated carbocycles. The van der Waals surface area contributed by atoms with Gasteiger partial charge in [0.1, 0.15) is 5.60 Å². The maximum absolute atomic E-state index is 14.2. The van der Waals surface area contributed by atoms with E-state index in [-0.39, 0.29) is 67.9 Å². The third kappa shape index (κ3) is 9.83. The summed E-state index contributed by atoms with van der Waals surface area (Å²) in [5, 5.41) is 15.5. The molecule has 0 bridgehead atoms. The number of anilines is 3. The minimum absolute atomic E-state index is 0.00951. The molecule has 18 heteroatoms. The lowest BCUT2D eigenvalue weighted by Gasteiger charge is -2.29. The number of rotatable bonds is 15. The van der Waals surface area contributed by atoms with Crippen molar-refractivity contribution in [2.45, 2.75) is 69.0 Å². The maximum Gasteiger partial charge on any atom is 0.586 e. The second-order valence-electron chi connectivity index (χ2n) is 12.8. The molecule has 2 aromatic carbocycles.